The van der Waals surface area contributed by atoms with Gasteiger partial charge in [0.15, 0.2) is 0 Å². The van der Waals surface area contributed by atoms with Gasteiger partial charge in [-0.05, 0) is 17.7 Å². The fraction of sp³-hybridized carbons (Fsp3) is 0.429. The zero-order valence-electron chi connectivity index (χ0n) is 11.1. The van der Waals surface area contributed by atoms with E-state index in [2.05, 4.69) is 4.90 Å². The standard InChI is InChI=1S/C14H18N2O4/c17-14(11-15-7-9-20-10-8-15)6-3-12-1-4-13(5-2-12)16(18)19/h1-6,14,17H,7-11H2/b6-3+. The third kappa shape index (κ3) is 4.41. The van der Waals surface area contributed by atoms with Crippen molar-refractivity contribution in [1.82, 2.24) is 4.90 Å². The molecule has 6 heteroatoms. The first-order chi connectivity index (χ1) is 9.65. The second-order valence-electron chi connectivity index (χ2n) is 4.69. The van der Waals surface area contributed by atoms with E-state index >= 15 is 0 Å². The Morgan fingerprint density at radius 2 is 2.00 bits per heavy atom. The van der Waals surface area contributed by atoms with Crippen LogP contribution < -0.4 is 0 Å². The van der Waals surface area contributed by atoms with Gasteiger partial charge in [0, 0.05) is 31.8 Å². The van der Waals surface area contributed by atoms with Crippen LogP contribution >= 0.6 is 0 Å². The highest BCUT2D eigenvalue weighted by Crippen LogP contribution is 2.13. The molecule has 2 rings (SSSR count). The molecule has 108 valence electrons. The predicted molar refractivity (Wildman–Crippen MR) is 75.4 cm³/mol. The summed E-state index contributed by atoms with van der Waals surface area (Å²) >= 11 is 0. The van der Waals surface area contributed by atoms with Gasteiger partial charge in [-0.15, -0.1) is 0 Å². The van der Waals surface area contributed by atoms with Crippen LogP contribution in [0.15, 0.2) is 30.3 Å². The number of aliphatic hydroxyl groups is 1. The second kappa shape index (κ2) is 7.14. The molecule has 0 bridgehead atoms. The molecule has 20 heavy (non-hydrogen) atoms. The number of non-ortho nitro benzene ring substituents is 1. The zero-order chi connectivity index (χ0) is 14.4. The van der Waals surface area contributed by atoms with Crippen molar-refractivity contribution in [3.8, 4) is 0 Å². The Labute approximate surface area is 117 Å². The van der Waals surface area contributed by atoms with Crippen LogP contribution in [0.5, 0.6) is 0 Å². The van der Waals surface area contributed by atoms with Crippen molar-refractivity contribution in [3.05, 3.63) is 46.0 Å². The number of benzene rings is 1. The molecule has 1 N–H and O–H groups in total. The molecular formula is C14H18N2O4. The van der Waals surface area contributed by atoms with E-state index < -0.39 is 11.0 Å². The van der Waals surface area contributed by atoms with E-state index in [-0.39, 0.29) is 5.69 Å². The summed E-state index contributed by atoms with van der Waals surface area (Å²) in [4.78, 5) is 12.2. The van der Waals surface area contributed by atoms with Gasteiger partial charge < -0.3 is 9.84 Å². The molecule has 1 aromatic carbocycles. The summed E-state index contributed by atoms with van der Waals surface area (Å²) in [5.74, 6) is 0. The van der Waals surface area contributed by atoms with E-state index in [1.165, 1.54) is 12.1 Å². The van der Waals surface area contributed by atoms with Gasteiger partial charge in [-0.25, -0.2) is 0 Å². The Bertz CT molecular complexity index is 467. The third-order valence-corrected chi connectivity index (χ3v) is 3.16. The summed E-state index contributed by atoms with van der Waals surface area (Å²) in [6.45, 7) is 3.66. The first-order valence-electron chi connectivity index (χ1n) is 6.56. The molecule has 6 nitrogen and oxygen atoms in total. The number of nitro benzene ring substituents is 1. The Hall–Kier alpha value is -1.76. The number of hydrogen-bond acceptors (Lipinski definition) is 5. The van der Waals surface area contributed by atoms with Crippen LogP contribution in [0.3, 0.4) is 0 Å². The number of ether oxygens (including phenoxy) is 1. The van der Waals surface area contributed by atoms with E-state index in [0.717, 1.165) is 18.7 Å². The highest BCUT2D eigenvalue weighted by molar-refractivity contribution is 5.52. The smallest absolute Gasteiger partial charge is 0.269 e. The van der Waals surface area contributed by atoms with E-state index in [4.69, 9.17) is 4.74 Å². The number of aliphatic hydroxyl groups excluding tert-OH is 1. The number of β-amino-alcohol motifs (C(OH)–C–C–N with tert-alkyl or cyclic N) is 1. The highest BCUT2D eigenvalue weighted by atomic mass is 16.6. The summed E-state index contributed by atoms with van der Waals surface area (Å²) < 4.78 is 5.24. The van der Waals surface area contributed by atoms with E-state index in [1.54, 1.807) is 24.3 Å². The number of rotatable bonds is 5. The normalized spacial score (nSPS) is 18.2. The molecule has 0 amide bonds. The van der Waals surface area contributed by atoms with Gasteiger partial charge in [0.05, 0.1) is 24.2 Å². The van der Waals surface area contributed by atoms with Crippen molar-refractivity contribution in [2.24, 2.45) is 0 Å². The average Bonchev–Trinajstić information content (AvgIpc) is 2.46. The zero-order valence-corrected chi connectivity index (χ0v) is 11.1. The maximum atomic E-state index is 10.5. The van der Waals surface area contributed by atoms with Crippen LogP contribution in [0.1, 0.15) is 5.56 Å². The topological polar surface area (TPSA) is 75.8 Å². The Morgan fingerprint density at radius 1 is 1.35 bits per heavy atom. The molecule has 1 aromatic rings. The van der Waals surface area contributed by atoms with Gasteiger partial charge >= 0.3 is 0 Å². The molecule has 1 fully saturated rings. The average molecular weight is 278 g/mol. The second-order valence-corrected chi connectivity index (χ2v) is 4.69. The van der Waals surface area contributed by atoms with Gasteiger partial charge in [0.25, 0.3) is 5.69 Å². The summed E-state index contributed by atoms with van der Waals surface area (Å²) in [6, 6.07) is 6.23. The van der Waals surface area contributed by atoms with Crippen LogP contribution in [0, 0.1) is 10.1 Å². The number of nitro groups is 1. The van der Waals surface area contributed by atoms with Crippen molar-refractivity contribution in [1.29, 1.82) is 0 Å². The Balaban J connectivity index is 1.86. The largest absolute Gasteiger partial charge is 0.388 e. The fourth-order valence-corrected chi connectivity index (χ4v) is 2.04. The molecule has 1 heterocycles. The fourth-order valence-electron chi connectivity index (χ4n) is 2.04. The van der Waals surface area contributed by atoms with E-state index in [0.29, 0.717) is 19.8 Å². The van der Waals surface area contributed by atoms with Gasteiger partial charge in [0.2, 0.25) is 0 Å². The molecule has 0 aromatic heterocycles. The molecule has 1 unspecified atom stereocenters. The van der Waals surface area contributed by atoms with Crippen LogP contribution in [0.4, 0.5) is 5.69 Å². The van der Waals surface area contributed by atoms with Crippen molar-refractivity contribution >= 4 is 11.8 Å². The minimum Gasteiger partial charge on any atom is -0.388 e. The molecular weight excluding hydrogens is 260 g/mol. The summed E-state index contributed by atoms with van der Waals surface area (Å²) in [6.07, 6.45) is 2.93. The first kappa shape index (κ1) is 14.6. The van der Waals surface area contributed by atoms with Gasteiger partial charge in [0.1, 0.15) is 0 Å². The van der Waals surface area contributed by atoms with Crippen molar-refractivity contribution in [2.75, 3.05) is 32.8 Å². The molecule has 1 atom stereocenters. The van der Waals surface area contributed by atoms with E-state index in [9.17, 15) is 15.2 Å². The maximum Gasteiger partial charge on any atom is 0.269 e. The van der Waals surface area contributed by atoms with Gasteiger partial charge in [-0.2, -0.15) is 0 Å². The quantitative estimate of drug-likeness (QED) is 0.649. The SMILES string of the molecule is O=[N+]([O-])c1ccc(/C=C/C(O)CN2CCOCC2)cc1. The molecule has 1 aliphatic rings. The van der Waals surface area contributed by atoms with Crippen molar-refractivity contribution in [3.63, 3.8) is 0 Å². The predicted octanol–water partition coefficient (Wildman–Crippen LogP) is 1.30. The molecule has 0 spiro atoms. The Morgan fingerprint density at radius 3 is 2.60 bits per heavy atom. The summed E-state index contributed by atoms with van der Waals surface area (Å²) in [5.41, 5.74) is 0.896. The lowest BCUT2D eigenvalue weighted by molar-refractivity contribution is -0.384. The van der Waals surface area contributed by atoms with Crippen LogP contribution in [-0.4, -0.2) is 53.9 Å². The number of hydrogen-bond donors (Lipinski definition) is 1. The third-order valence-electron chi connectivity index (χ3n) is 3.16. The minimum atomic E-state index is -0.553. The van der Waals surface area contributed by atoms with Gasteiger partial charge in [-0.1, -0.05) is 12.2 Å². The lowest BCUT2D eigenvalue weighted by Crippen LogP contribution is -2.40. The monoisotopic (exact) mass is 278 g/mol. The molecule has 0 aliphatic carbocycles. The molecule has 1 saturated heterocycles. The number of morpholine rings is 1. The van der Waals surface area contributed by atoms with Gasteiger partial charge in [-0.3, -0.25) is 15.0 Å². The maximum absolute atomic E-state index is 10.5. The molecule has 0 radical (unpaired) electrons. The summed E-state index contributed by atoms with van der Waals surface area (Å²) in [7, 11) is 0. The van der Waals surface area contributed by atoms with Crippen LogP contribution in [-0.2, 0) is 4.74 Å². The summed E-state index contributed by atoms with van der Waals surface area (Å²) in [5, 5.41) is 20.5. The minimum absolute atomic E-state index is 0.0658. The highest BCUT2D eigenvalue weighted by Gasteiger charge is 2.12. The number of nitrogens with zero attached hydrogens (tertiary/aromatic N) is 2. The lowest BCUT2D eigenvalue weighted by atomic mass is 10.1. The van der Waals surface area contributed by atoms with Crippen LogP contribution in [0.2, 0.25) is 0 Å². The first-order valence-corrected chi connectivity index (χ1v) is 6.56. The lowest BCUT2D eigenvalue weighted by Gasteiger charge is -2.27. The van der Waals surface area contributed by atoms with Crippen molar-refractivity contribution < 1.29 is 14.8 Å². The molecule has 0 saturated carbocycles. The molecule has 1 aliphatic heterocycles. The van der Waals surface area contributed by atoms with Crippen LogP contribution in [0.25, 0.3) is 6.08 Å². The van der Waals surface area contributed by atoms with E-state index in [1.807, 2.05) is 0 Å². The van der Waals surface area contributed by atoms with Crippen molar-refractivity contribution in [2.45, 2.75) is 6.10 Å². The Kier molecular flexibility index (Phi) is 5.23.